The minimum absolute atomic E-state index is 0. The Hall–Kier alpha value is -0.580. The van der Waals surface area contributed by atoms with Gasteiger partial charge < -0.3 is 10.6 Å². The van der Waals surface area contributed by atoms with Gasteiger partial charge >= 0.3 is 0 Å². The van der Waals surface area contributed by atoms with Crippen molar-refractivity contribution in [2.24, 2.45) is 17.6 Å². The maximum absolute atomic E-state index is 12.5. The summed E-state index contributed by atoms with van der Waals surface area (Å²) in [6.07, 6.45) is 3.55. The molecule has 3 nitrogen and oxygen atoms in total. The molecular formula is C15H20BrClN2O. The number of halogens is 2. The predicted octanol–water partition coefficient (Wildman–Crippen LogP) is 3.07. The number of nitrogens with zero attached hydrogens (tertiary/aromatic N) is 1. The summed E-state index contributed by atoms with van der Waals surface area (Å²) in [7, 11) is 0. The first-order valence-corrected chi connectivity index (χ1v) is 7.75. The van der Waals surface area contributed by atoms with E-state index in [1.54, 1.807) is 0 Å². The van der Waals surface area contributed by atoms with Crippen LogP contribution in [0.3, 0.4) is 0 Å². The summed E-state index contributed by atoms with van der Waals surface area (Å²) in [5, 5.41) is 0. The Bertz CT molecular complexity index is 479. The highest BCUT2D eigenvalue weighted by Crippen LogP contribution is 2.36. The Kier molecular flexibility index (Phi) is 5.10. The number of hydrogen-bond acceptors (Lipinski definition) is 2. The van der Waals surface area contributed by atoms with E-state index in [1.165, 1.54) is 12.8 Å². The summed E-state index contributed by atoms with van der Waals surface area (Å²) in [6, 6.07) is 7.88. The molecule has 1 aliphatic carbocycles. The second-order valence-corrected chi connectivity index (χ2v) is 6.65. The van der Waals surface area contributed by atoms with Crippen molar-refractivity contribution in [3.8, 4) is 0 Å². The van der Waals surface area contributed by atoms with Crippen molar-refractivity contribution in [3.05, 3.63) is 34.3 Å². The molecule has 3 unspecified atom stereocenters. The van der Waals surface area contributed by atoms with Crippen molar-refractivity contribution in [2.75, 3.05) is 13.1 Å². The molecule has 0 spiro atoms. The van der Waals surface area contributed by atoms with Crippen LogP contribution >= 0.6 is 28.3 Å². The van der Waals surface area contributed by atoms with Gasteiger partial charge in [-0.3, -0.25) is 4.79 Å². The van der Waals surface area contributed by atoms with E-state index in [1.807, 2.05) is 29.2 Å². The molecule has 1 heterocycles. The quantitative estimate of drug-likeness (QED) is 0.837. The Morgan fingerprint density at radius 2 is 1.90 bits per heavy atom. The molecule has 2 fully saturated rings. The first-order valence-electron chi connectivity index (χ1n) is 6.95. The molecule has 110 valence electrons. The van der Waals surface area contributed by atoms with Gasteiger partial charge in [0.05, 0.1) is 0 Å². The molecule has 5 heteroatoms. The van der Waals surface area contributed by atoms with E-state index in [0.717, 1.165) is 29.5 Å². The number of amides is 1. The van der Waals surface area contributed by atoms with Crippen LogP contribution in [0.1, 0.15) is 29.6 Å². The molecule has 2 aliphatic rings. The zero-order valence-corrected chi connectivity index (χ0v) is 13.7. The number of fused-ring (bicyclic) bond motifs is 1. The number of nitrogens with two attached hydrogens (primary N) is 1. The second kappa shape index (κ2) is 6.46. The number of rotatable bonds is 1. The highest BCUT2D eigenvalue weighted by molar-refractivity contribution is 9.10. The van der Waals surface area contributed by atoms with E-state index in [4.69, 9.17) is 5.73 Å². The Balaban J connectivity index is 0.00000147. The first-order chi connectivity index (χ1) is 9.15. The molecule has 0 radical (unpaired) electrons. The van der Waals surface area contributed by atoms with Crippen LogP contribution < -0.4 is 5.73 Å². The number of carbonyl (C=O) groups excluding carboxylic acids is 1. The number of benzene rings is 1. The second-order valence-electron chi connectivity index (χ2n) is 5.74. The van der Waals surface area contributed by atoms with Crippen molar-refractivity contribution >= 4 is 34.2 Å². The van der Waals surface area contributed by atoms with E-state index in [2.05, 4.69) is 15.9 Å². The fourth-order valence-corrected chi connectivity index (χ4v) is 3.72. The average Bonchev–Trinajstić information content (AvgIpc) is 2.84. The van der Waals surface area contributed by atoms with Gasteiger partial charge in [-0.05, 0) is 48.9 Å². The summed E-state index contributed by atoms with van der Waals surface area (Å²) >= 11 is 3.39. The zero-order valence-electron chi connectivity index (χ0n) is 11.3. The predicted molar refractivity (Wildman–Crippen MR) is 86.1 cm³/mol. The van der Waals surface area contributed by atoms with Crippen molar-refractivity contribution in [1.29, 1.82) is 0 Å². The molecule has 0 bridgehead atoms. The van der Waals surface area contributed by atoms with E-state index < -0.39 is 0 Å². The molecule has 1 saturated carbocycles. The Morgan fingerprint density at radius 3 is 2.55 bits per heavy atom. The van der Waals surface area contributed by atoms with Crippen LogP contribution in [0.15, 0.2) is 28.7 Å². The lowest BCUT2D eigenvalue weighted by Gasteiger charge is -2.29. The van der Waals surface area contributed by atoms with E-state index in [0.29, 0.717) is 11.8 Å². The van der Waals surface area contributed by atoms with Crippen LogP contribution in [0.25, 0.3) is 0 Å². The van der Waals surface area contributed by atoms with Crippen molar-refractivity contribution < 1.29 is 4.79 Å². The molecule has 2 N–H and O–H groups in total. The maximum atomic E-state index is 12.5. The van der Waals surface area contributed by atoms with Gasteiger partial charge in [-0.25, -0.2) is 0 Å². The zero-order chi connectivity index (χ0) is 13.4. The van der Waals surface area contributed by atoms with Gasteiger partial charge in [0.1, 0.15) is 0 Å². The van der Waals surface area contributed by atoms with Crippen LogP contribution in [0, 0.1) is 11.8 Å². The molecule has 1 saturated heterocycles. The lowest BCUT2D eigenvalue weighted by atomic mass is 9.78. The van der Waals surface area contributed by atoms with E-state index in [-0.39, 0.29) is 24.4 Å². The molecule has 3 rings (SSSR count). The highest BCUT2D eigenvalue weighted by atomic mass is 79.9. The first kappa shape index (κ1) is 15.8. The summed E-state index contributed by atoms with van der Waals surface area (Å²) in [6.45, 7) is 1.72. The summed E-state index contributed by atoms with van der Waals surface area (Å²) < 4.78 is 1.00. The van der Waals surface area contributed by atoms with Crippen LogP contribution in [-0.4, -0.2) is 29.9 Å². The SMILES string of the molecule is Cl.NC1CCCC2CN(C(=O)c3ccc(Br)cc3)CC12. The molecule has 20 heavy (non-hydrogen) atoms. The molecule has 1 amide bonds. The molecule has 1 aromatic rings. The smallest absolute Gasteiger partial charge is 0.253 e. The topological polar surface area (TPSA) is 46.3 Å². The van der Waals surface area contributed by atoms with Gasteiger partial charge in [-0.1, -0.05) is 22.4 Å². The van der Waals surface area contributed by atoms with Gasteiger partial charge in [-0.15, -0.1) is 12.4 Å². The minimum atomic E-state index is 0. The molecule has 0 aromatic heterocycles. The highest BCUT2D eigenvalue weighted by Gasteiger charge is 2.40. The van der Waals surface area contributed by atoms with Gasteiger partial charge in [0.25, 0.3) is 5.91 Å². The van der Waals surface area contributed by atoms with Crippen molar-refractivity contribution in [3.63, 3.8) is 0 Å². The summed E-state index contributed by atoms with van der Waals surface area (Å²) in [4.78, 5) is 14.5. The standard InChI is InChI=1S/C15H19BrN2O.ClH/c16-12-6-4-10(5-7-12)15(19)18-8-11-2-1-3-14(17)13(11)9-18;/h4-7,11,13-14H,1-3,8-9,17H2;1H. The molecule has 1 aromatic carbocycles. The minimum Gasteiger partial charge on any atom is -0.338 e. The van der Waals surface area contributed by atoms with Gasteiger partial charge in [0, 0.05) is 29.2 Å². The summed E-state index contributed by atoms with van der Waals surface area (Å²) in [5.41, 5.74) is 6.97. The molecular weight excluding hydrogens is 340 g/mol. The fraction of sp³-hybridized carbons (Fsp3) is 0.533. The maximum Gasteiger partial charge on any atom is 0.253 e. The van der Waals surface area contributed by atoms with Crippen molar-refractivity contribution in [2.45, 2.75) is 25.3 Å². The Morgan fingerprint density at radius 1 is 1.20 bits per heavy atom. The van der Waals surface area contributed by atoms with Crippen LogP contribution in [0.4, 0.5) is 0 Å². The molecule has 1 aliphatic heterocycles. The monoisotopic (exact) mass is 358 g/mol. The largest absolute Gasteiger partial charge is 0.338 e. The van der Waals surface area contributed by atoms with Crippen LogP contribution in [0.2, 0.25) is 0 Å². The lowest BCUT2D eigenvalue weighted by Crippen LogP contribution is -2.38. The van der Waals surface area contributed by atoms with Gasteiger partial charge in [-0.2, -0.15) is 0 Å². The van der Waals surface area contributed by atoms with E-state index in [9.17, 15) is 4.79 Å². The number of hydrogen-bond donors (Lipinski definition) is 1. The summed E-state index contributed by atoms with van der Waals surface area (Å²) in [5.74, 6) is 1.27. The third-order valence-electron chi connectivity index (χ3n) is 4.53. The van der Waals surface area contributed by atoms with Crippen LogP contribution in [0.5, 0.6) is 0 Å². The third kappa shape index (κ3) is 3.02. The van der Waals surface area contributed by atoms with Gasteiger partial charge in [0.2, 0.25) is 0 Å². The Labute approximate surface area is 134 Å². The fourth-order valence-electron chi connectivity index (χ4n) is 3.46. The number of carbonyl (C=O) groups is 1. The molecule has 3 atom stereocenters. The van der Waals surface area contributed by atoms with Crippen molar-refractivity contribution in [1.82, 2.24) is 4.90 Å². The van der Waals surface area contributed by atoms with E-state index >= 15 is 0 Å². The third-order valence-corrected chi connectivity index (χ3v) is 5.06. The average molecular weight is 360 g/mol. The lowest BCUT2D eigenvalue weighted by molar-refractivity contribution is 0.0783. The van der Waals surface area contributed by atoms with Crippen LogP contribution in [-0.2, 0) is 0 Å². The van der Waals surface area contributed by atoms with Gasteiger partial charge in [0.15, 0.2) is 0 Å². The number of likely N-dealkylation sites (tertiary alicyclic amines) is 1. The normalized spacial score (nSPS) is 28.7.